The number of nitrogens with zero attached hydrogens (tertiary/aromatic N) is 3. The van der Waals surface area contributed by atoms with Gasteiger partial charge in [0.25, 0.3) is 5.92 Å². The number of nitrogens with one attached hydrogen (secondary N) is 1. The van der Waals surface area contributed by atoms with Crippen molar-refractivity contribution in [3.05, 3.63) is 27.9 Å². The Labute approximate surface area is 146 Å². The summed E-state index contributed by atoms with van der Waals surface area (Å²) in [5, 5.41) is 14.9. The molecule has 1 aromatic heterocycles. The topological polar surface area (TPSA) is 87.0 Å². The number of thiazole rings is 1. The average Bonchev–Trinajstić information content (AvgIpc) is 3.13. The number of aliphatic imine (C=N–C) groups is 1. The quantitative estimate of drug-likeness (QED) is 0.820. The highest BCUT2D eigenvalue weighted by Crippen LogP contribution is 2.41. The molecule has 2 fully saturated rings. The summed E-state index contributed by atoms with van der Waals surface area (Å²) in [4.78, 5) is 21.6. The number of aromatic nitrogens is 1. The number of carbonyl (C=O) groups is 1. The van der Waals surface area contributed by atoms with Crippen molar-refractivity contribution in [2.75, 3.05) is 26.3 Å². The summed E-state index contributed by atoms with van der Waals surface area (Å²) >= 11 is 1.37. The van der Waals surface area contributed by atoms with Crippen molar-refractivity contribution in [3.8, 4) is 0 Å². The van der Waals surface area contributed by atoms with Crippen LogP contribution in [-0.2, 0) is 9.53 Å². The normalized spacial score (nSPS) is 28.6. The first-order valence-electron chi connectivity index (χ1n) is 7.83. The Bertz CT molecular complexity index is 750. The molecule has 10 heteroatoms. The number of morpholine rings is 1. The van der Waals surface area contributed by atoms with Gasteiger partial charge >= 0.3 is 5.97 Å². The molecule has 4 rings (SSSR count). The number of amidine groups is 1. The van der Waals surface area contributed by atoms with Crippen molar-refractivity contribution in [1.82, 2.24) is 15.2 Å². The van der Waals surface area contributed by atoms with E-state index in [-0.39, 0.29) is 38.3 Å². The Hall–Kier alpha value is -1.91. The van der Waals surface area contributed by atoms with E-state index in [9.17, 15) is 18.7 Å². The highest BCUT2D eigenvalue weighted by atomic mass is 32.1. The Morgan fingerprint density at radius 3 is 3.04 bits per heavy atom. The molecular formula is C15H16F2N4O3S. The van der Waals surface area contributed by atoms with Gasteiger partial charge in [0.2, 0.25) is 0 Å². The van der Waals surface area contributed by atoms with Crippen LogP contribution in [0.1, 0.15) is 11.4 Å². The molecule has 2 atom stereocenters. The maximum atomic E-state index is 14.2. The molecule has 0 spiro atoms. The first kappa shape index (κ1) is 16.6. The smallest absolute Gasteiger partial charge is 0.335 e. The van der Waals surface area contributed by atoms with E-state index in [0.717, 1.165) is 0 Å². The van der Waals surface area contributed by atoms with Gasteiger partial charge in [-0.05, 0) is 0 Å². The molecular weight excluding hydrogens is 354 g/mol. The predicted octanol–water partition coefficient (Wildman–Crippen LogP) is 0.940. The van der Waals surface area contributed by atoms with Crippen molar-refractivity contribution in [2.45, 2.75) is 24.4 Å². The molecule has 0 aliphatic carbocycles. The van der Waals surface area contributed by atoms with Gasteiger partial charge in [-0.1, -0.05) is 0 Å². The minimum absolute atomic E-state index is 0.0113. The van der Waals surface area contributed by atoms with Crippen LogP contribution in [0.4, 0.5) is 8.78 Å². The van der Waals surface area contributed by atoms with E-state index in [1.807, 2.05) is 0 Å². The lowest BCUT2D eigenvalue weighted by Gasteiger charge is -2.36. The fourth-order valence-corrected chi connectivity index (χ4v) is 4.08. The standard InChI is InChI=1S/C15H16F2N4O3S/c16-15(17)3-8-6-24-7-11(15)21(8)5-10-9(14(22)23)4-19-12(20-10)13-18-1-2-25-13/h1-2,8,11H,3-7H2,(H,19,20)(H,22,23). The molecule has 2 bridgehead atoms. The third-order valence-corrected chi connectivity index (χ3v) is 5.49. The van der Waals surface area contributed by atoms with Crippen molar-refractivity contribution in [2.24, 2.45) is 4.99 Å². The second-order valence-corrected chi connectivity index (χ2v) is 7.13. The van der Waals surface area contributed by atoms with Gasteiger partial charge in [0.1, 0.15) is 0 Å². The summed E-state index contributed by atoms with van der Waals surface area (Å²) in [5.41, 5.74) is 0.483. The zero-order chi connectivity index (χ0) is 17.6. The van der Waals surface area contributed by atoms with E-state index < -0.39 is 24.0 Å². The number of halogens is 2. The molecule has 3 aliphatic rings. The monoisotopic (exact) mass is 370 g/mol. The minimum atomic E-state index is -2.83. The summed E-state index contributed by atoms with van der Waals surface area (Å²) in [5.74, 6) is -3.45. The molecule has 0 amide bonds. The van der Waals surface area contributed by atoms with Crippen LogP contribution in [0.5, 0.6) is 0 Å². The lowest BCUT2D eigenvalue weighted by molar-refractivity contribution is -0.132. The maximum Gasteiger partial charge on any atom is 0.335 e. The van der Waals surface area contributed by atoms with Crippen molar-refractivity contribution < 1.29 is 23.4 Å². The summed E-state index contributed by atoms with van der Waals surface area (Å²) in [6.07, 6.45) is 1.36. The molecule has 3 aliphatic heterocycles. The molecule has 4 heterocycles. The molecule has 0 radical (unpaired) electrons. The zero-order valence-corrected chi connectivity index (χ0v) is 13.9. The van der Waals surface area contributed by atoms with E-state index in [1.165, 1.54) is 11.3 Å². The van der Waals surface area contributed by atoms with Gasteiger partial charge < -0.3 is 15.2 Å². The highest BCUT2D eigenvalue weighted by molar-refractivity contribution is 7.11. The first-order valence-corrected chi connectivity index (χ1v) is 8.71. The van der Waals surface area contributed by atoms with Gasteiger partial charge in [-0.2, -0.15) is 0 Å². The number of alkyl halides is 2. The van der Waals surface area contributed by atoms with Gasteiger partial charge in [-0.25, -0.2) is 18.6 Å². The highest BCUT2D eigenvalue weighted by Gasteiger charge is 2.56. The Kier molecular flexibility index (Phi) is 4.05. The number of fused-ring (bicyclic) bond motifs is 2. The number of hydrogen-bond donors (Lipinski definition) is 2. The number of ether oxygens (including phenoxy) is 1. The predicted molar refractivity (Wildman–Crippen MR) is 86.0 cm³/mol. The summed E-state index contributed by atoms with van der Waals surface area (Å²) in [7, 11) is 0. The second-order valence-electron chi connectivity index (χ2n) is 6.23. The fourth-order valence-electron chi connectivity index (χ4n) is 3.48. The van der Waals surface area contributed by atoms with E-state index in [1.54, 1.807) is 16.5 Å². The van der Waals surface area contributed by atoms with Crippen LogP contribution < -0.4 is 5.32 Å². The van der Waals surface area contributed by atoms with Crippen molar-refractivity contribution >= 4 is 23.1 Å². The fraction of sp³-hybridized carbons (Fsp3) is 0.533. The number of rotatable bonds is 4. The van der Waals surface area contributed by atoms with Crippen LogP contribution in [0, 0.1) is 0 Å². The Morgan fingerprint density at radius 1 is 1.52 bits per heavy atom. The second kappa shape index (κ2) is 6.11. The van der Waals surface area contributed by atoms with Gasteiger partial charge in [0.15, 0.2) is 10.8 Å². The number of carboxylic acid groups (broad SMARTS) is 1. The first-order chi connectivity index (χ1) is 12.0. The lowest BCUT2D eigenvalue weighted by atomic mass is 10.1. The van der Waals surface area contributed by atoms with Crippen LogP contribution in [-0.4, -0.2) is 71.1 Å². The van der Waals surface area contributed by atoms with Crippen LogP contribution in [0.25, 0.3) is 0 Å². The lowest BCUT2D eigenvalue weighted by Crippen LogP contribution is -2.51. The molecule has 0 aromatic carbocycles. The third-order valence-electron chi connectivity index (χ3n) is 4.71. The van der Waals surface area contributed by atoms with Gasteiger partial charge in [0, 0.05) is 36.3 Å². The van der Waals surface area contributed by atoms with Crippen LogP contribution in [0.2, 0.25) is 0 Å². The Morgan fingerprint density at radius 2 is 2.36 bits per heavy atom. The van der Waals surface area contributed by atoms with Crippen molar-refractivity contribution in [1.29, 1.82) is 0 Å². The van der Waals surface area contributed by atoms with E-state index in [2.05, 4.69) is 15.3 Å². The van der Waals surface area contributed by atoms with Crippen LogP contribution in [0.3, 0.4) is 0 Å². The molecule has 25 heavy (non-hydrogen) atoms. The zero-order valence-electron chi connectivity index (χ0n) is 13.1. The Balaban J connectivity index is 1.59. The van der Waals surface area contributed by atoms with Crippen LogP contribution in [0.15, 0.2) is 27.8 Å². The van der Waals surface area contributed by atoms with Crippen LogP contribution >= 0.6 is 11.3 Å². The average molecular weight is 370 g/mol. The molecule has 2 unspecified atom stereocenters. The van der Waals surface area contributed by atoms with Gasteiger partial charge in [-0.3, -0.25) is 9.89 Å². The SMILES string of the molecule is O=C(O)C1=C(CN2C3COCC2C(F)(F)C3)NC(c2nccs2)=NC1. The number of hydrogen-bond acceptors (Lipinski definition) is 7. The summed E-state index contributed by atoms with van der Waals surface area (Å²) in [6.45, 7) is 0.269. The number of aliphatic carboxylic acids is 1. The molecule has 0 saturated carbocycles. The minimum Gasteiger partial charge on any atom is -0.478 e. The molecule has 2 N–H and O–H groups in total. The van der Waals surface area contributed by atoms with E-state index in [4.69, 9.17) is 4.74 Å². The molecule has 2 saturated heterocycles. The van der Waals surface area contributed by atoms with E-state index >= 15 is 0 Å². The van der Waals surface area contributed by atoms with E-state index in [0.29, 0.717) is 16.5 Å². The third kappa shape index (κ3) is 2.94. The van der Waals surface area contributed by atoms with Gasteiger partial charge in [-0.15, -0.1) is 11.3 Å². The van der Waals surface area contributed by atoms with Gasteiger partial charge in [0.05, 0.1) is 31.4 Å². The molecule has 1 aromatic rings. The maximum absolute atomic E-state index is 14.2. The summed E-state index contributed by atoms with van der Waals surface area (Å²) < 4.78 is 33.6. The number of carboxylic acids is 1. The largest absolute Gasteiger partial charge is 0.478 e. The molecule has 7 nitrogen and oxygen atoms in total. The van der Waals surface area contributed by atoms with Crippen molar-refractivity contribution in [3.63, 3.8) is 0 Å². The molecule has 134 valence electrons. The summed E-state index contributed by atoms with van der Waals surface area (Å²) in [6, 6.07) is -1.45.